The Kier molecular flexibility index (Phi) is 5.63. The maximum atomic E-state index is 12.1. The van der Waals surface area contributed by atoms with Gasteiger partial charge in [0.25, 0.3) is 0 Å². The summed E-state index contributed by atoms with van der Waals surface area (Å²) in [6.07, 6.45) is 6.43. The molecule has 2 rings (SSSR count). The van der Waals surface area contributed by atoms with E-state index in [1.54, 1.807) is 0 Å². The molecule has 1 aliphatic carbocycles. The van der Waals surface area contributed by atoms with Crippen LogP contribution >= 0.6 is 0 Å². The molecule has 110 valence electrons. The molecule has 2 atom stereocenters. The lowest BCUT2D eigenvalue weighted by molar-refractivity contribution is -0.123. The standard InChI is InChI=1S/C18H26O2/c1-3-4-5-12-20-16-9-7-15(8-10-16)17-11-6-14(2)13-18(17)19/h7-10,14,17H,3-6,11-13H2,1-2H3/t14-,17+/m1/s1. The van der Waals surface area contributed by atoms with Crippen LogP contribution in [0.5, 0.6) is 5.75 Å². The van der Waals surface area contributed by atoms with Crippen molar-refractivity contribution in [2.75, 3.05) is 6.61 Å². The Morgan fingerprint density at radius 3 is 2.55 bits per heavy atom. The number of benzene rings is 1. The third-order valence-corrected chi connectivity index (χ3v) is 4.19. The highest BCUT2D eigenvalue weighted by atomic mass is 16.5. The van der Waals surface area contributed by atoms with Crippen molar-refractivity contribution in [3.8, 4) is 5.75 Å². The fourth-order valence-electron chi connectivity index (χ4n) is 2.89. The second-order valence-corrected chi connectivity index (χ2v) is 6.03. The molecule has 0 aromatic heterocycles. The number of unbranched alkanes of at least 4 members (excludes halogenated alkanes) is 2. The van der Waals surface area contributed by atoms with Crippen molar-refractivity contribution in [3.63, 3.8) is 0 Å². The molecule has 0 saturated heterocycles. The minimum absolute atomic E-state index is 0.111. The van der Waals surface area contributed by atoms with Gasteiger partial charge in [0, 0.05) is 12.3 Å². The Morgan fingerprint density at radius 1 is 1.15 bits per heavy atom. The van der Waals surface area contributed by atoms with Gasteiger partial charge in [0.2, 0.25) is 0 Å². The van der Waals surface area contributed by atoms with E-state index in [2.05, 4.69) is 26.0 Å². The van der Waals surface area contributed by atoms with Gasteiger partial charge in [0.1, 0.15) is 11.5 Å². The van der Waals surface area contributed by atoms with E-state index in [9.17, 15) is 4.79 Å². The Hall–Kier alpha value is -1.31. The van der Waals surface area contributed by atoms with Gasteiger partial charge in [-0.25, -0.2) is 0 Å². The van der Waals surface area contributed by atoms with Gasteiger partial charge in [-0.1, -0.05) is 38.8 Å². The van der Waals surface area contributed by atoms with Gasteiger partial charge in [-0.05, 0) is 42.9 Å². The first-order valence-corrected chi connectivity index (χ1v) is 7.96. The van der Waals surface area contributed by atoms with Gasteiger partial charge in [-0.15, -0.1) is 0 Å². The van der Waals surface area contributed by atoms with Gasteiger partial charge < -0.3 is 4.74 Å². The van der Waals surface area contributed by atoms with Crippen molar-refractivity contribution >= 4 is 5.78 Å². The first-order valence-electron chi connectivity index (χ1n) is 7.96. The zero-order chi connectivity index (χ0) is 14.4. The van der Waals surface area contributed by atoms with Crippen LogP contribution in [0.4, 0.5) is 0 Å². The van der Waals surface area contributed by atoms with Crippen LogP contribution in [0.3, 0.4) is 0 Å². The van der Waals surface area contributed by atoms with Crippen LogP contribution in [-0.4, -0.2) is 12.4 Å². The summed E-state index contributed by atoms with van der Waals surface area (Å²) < 4.78 is 5.71. The second-order valence-electron chi connectivity index (χ2n) is 6.03. The number of hydrogen-bond donors (Lipinski definition) is 0. The van der Waals surface area contributed by atoms with Gasteiger partial charge in [0.05, 0.1) is 6.61 Å². The van der Waals surface area contributed by atoms with E-state index >= 15 is 0 Å². The minimum atomic E-state index is 0.111. The Labute approximate surface area is 122 Å². The van der Waals surface area contributed by atoms with Crippen molar-refractivity contribution in [3.05, 3.63) is 29.8 Å². The second kappa shape index (κ2) is 7.47. The van der Waals surface area contributed by atoms with E-state index in [-0.39, 0.29) is 5.92 Å². The molecule has 2 heteroatoms. The van der Waals surface area contributed by atoms with E-state index in [0.717, 1.165) is 43.6 Å². The molecule has 0 heterocycles. The van der Waals surface area contributed by atoms with Crippen LogP contribution in [0.2, 0.25) is 0 Å². The average molecular weight is 274 g/mol. The minimum Gasteiger partial charge on any atom is -0.494 e. The topological polar surface area (TPSA) is 26.3 Å². The number of ketones is 1. The van der Waals surface area contributed by atoms with Gasteiger partial charge in [0.15, 0.2) is 0 Å². The van der Waals surface area contributed by atoms with Crippen molar-refractivity contribution < 1.29 is 9.53 Å². The summed E-state index contributed by atoms with van der Waals surface area (Å²) in [4.78, 5) is 12.1. The van der Waals surface area contributed by atoms with Gasteiger partial charge in [-0.2, -0.15) is 0 Å². The van der Waals surface area contributed by atoms with Crippen LogP contribution in [0, 0.1) is 5.92 Å². The largest absolute Gasteiger partial charge is 0.494 e. The fraction of sp³-hybridized carbons (Fsp3) is 0.611. The SMILES string of the molecule is CCCCCOc1ccc([C@@H]2CC[C@@H](C)CC2=O)cc1. The third kappa shape index (κ3) is 4.09. The Bertz CT molecular complexity index is 422. The molecular weight excluding hydrogens is 248 g/mol. The number of carbonyl (C=O) groups is 1. The molecule has 0 aliphatic heterocycles. The van der Waals surface area contributed by atoms with E-state index in [1.807, 2.05) is 12.1 Å². The first kappa shape index (κ1) is 15.1. The number of carbonyl (C=O) groups excluding carboxylic acids is 1. The highest BCUT2D eigenvalue weighted by Gasteiger charge is 2.27. The van der Waals surface area contributed by atoms with Crippen molar-refractivity contribution in [1.29, 1.82) is 0 Å². The molecule has 0 spiro atoms. The summed E-state index contributed by atoms with van der Waals surface area (Å²) >= 11 is 0. The Morgan fingerprint density at radius 2 is 1.90 bits per heavy atom. The predicted octanol–water partition coefficient (Wildman–Crippen LogP) is 4.73. The highest BCUT2D eigenvalue weighted by Crippen LogP contribution is 2.33. The lowest BCUT2D eigenvalue weighted by Crippen LogP contribution is -2.21. The zero-order valence-corrected chi connectivity index (χ0v) is 12.7. The lowest BCUT2D eigenvalue weighted by atomic mass is 9.78. The summed E-state index contributed by atoms with van der Waals surface area (Å²) in [6, 6.07) is 8.14. The molecule has 0 radical (unpaired) electrons. The number of hydrogen-bond acceptors (Lipinski definition) is 2. The van der Waals surface area contributed by atoms with Crippen LogP contribution < -0.4 is 4.74 Å². The molecule has 1 aliphatic rings. The highest BCUT2D eigenvalue weighted by molar-refractivity contribution is 5.86. The van der Waals surface area contributed by atoms with E-state index in [4.69, 9.17) is 4.74 Å². The Balaban J connectivity index is 1.89. The van der Waals surface area contributed by atoms with Gasteiger partial charge >= 0.3 is 0 Å². The molecule has 1 saturated carbocycles. The molecule has 0 bridgehead atoms. The first-order chi connectivity index (χ1) is 9.70. The zero-order valence-electron chi connectivity index (χ0n) is 12.7. The van der Waals surface area contributed by atoms with E-state index < -0.39 is 0 Å². The molecule has 0 N–H and O–H groups in total. The summed E-state index contributed by atoms with van der Waals surface area (Å²) in [7, 11) is 0. The average Bonchev–Trinajstić information content (AvgIpc) is 2.45. The van der Waals surface area contributed by atoms with Crippen molar-refractivity contribution in [2.24, 2.45) is 5.92 Å². The fourth-order valence-corrected chi connectivity index (χ4v) is 2.89. The number of Topliss-reactive ketones (excluding diaryl/α,β-unsaturated/α-hetero) is 1. The van der Waals surface area contributed by atoms with Crippen LogP contribution in [0.1, 0.15) is 63.9 Å². The molecule has 0 unspecified atom stereocenters. The normalized spacial score (nSPS) is 22.8. The molecule has 1 aromatic rings. The molecular formula is C18H26O2. The van der Waals surface area contributed by atoms with Crippen LogP contribution in [-0.2, 0) is 4.79 Å². The molecule has 2 nitrogen and oxygen atoms in total. The number of ether oxygens (including phenoxy) is 1. The molecule has 20 heavy (non-hydrogen) atoms. The number of rotatable bonds is 6. The smallest absolute Gasteiger partial charge is 0.140 e. The van der Waals surface area contributed by atoms with Crippen molar-refractivity contribution in [2.45, 2.75) is 58.3 Å². The lowest BCUT2D eigenvalue weighted by Gasteiger charge is -2.25. The van der Waals surface area contributed by atoms with Gasteiger partial charge in [-0.3, -0.25) is 4.79 Å². The monoisotopic (exact) mass is 274 g/mol. The summed E-state index contributed by atoms with van der Waals surface area (Å²) in [5, 5.41) is 0. The molecule has 1 fully saturated rings. The third-order valence-electron chi connectivity index (χ3n) is 4.19. The van der Waals surface area contributed by atoms with Crippen molar-refractivity contribution in [1.82, 2.24) is 0 Å². The predicted molar refractivity (Wildman–Crippen MR) is 82.2 cm³/mol. The molecule has 1 aromatic carbocycles. The maximum absolute atomic E-state index is 12.1. The van der Waals surface area contributed by atoms with E-state index in [0.29, 0.717) is 11.7 Å². The summed E-state index contributed by atoms with van der Waals surface area (Å²) in [5.41, 5.74) is 1.16. The van der Waals surface area contributed by atoms with Crippen LogP contribution in [0.25, 0.3) is 0 Å². The summed E-state index contributed by atoms with van der Waals surface area (Å²) in [6.45, 7) is 5.14. The summed E-state index contributed by atoms with van der Waals surface area (Å²) in [5.74, 6) is 1.99. The maximum Gasteiger partial charge on any atom is 0.140 e. The van der Waals surface area contributed by atoms with E-state index in [1.165, 1.54) is 12.8 Å². The molecule has 0 amide bonds. The quantitative estimate of drug-likeness (QED) is 0.701. The van der Waals surface area contributed by atoms with Crippen LogP contribution in [0.15, 0.2) is 24.3 Å².